The molecule has 2 aromatic rings. The number of piperidine rings is 1. The molecule has 168 valence electrons. The van der Waals surface area contributed by atoms with E-state index in [2.05, 4.69) is 15.2 Å². The number of pyridine rings is 1. The number of rotatable bonds is 7. The normalized spacial score (nSPS) is 18.3. The number of hydrogen-bond donors (Lipinski definition) is 1. The van der Waals surface area contributed by atoms with E-state index in [-0.39, 0.29) is 17.9 Å². The quantitative estimate of drug-likeness (QED) is 0.720. The van der Waals surface area contributed by atoms with E-state index in [9.17, 15) is 4.79 Å². The predicted molar refractivity (Wildman–Crippen MR) is 122 cm³/mol. The lowest BCUT2D eigenvalue weighted by molar-refractivity contribution is -0.130. The van der Waals surface area contributed by atoms with Gasteiger partial charge in [-0.1, -0.05) is 26.8 Å². The highest BCUT2D eigenvalue weighted by molar-refractivity contribution is 5.81. The standard InChI is InChI=1S/C25H35N3O3/c1-25(2,3)24(29)27-23(21-10-6-7-13-26-21)18-9-8-14-28(16-18)17-19-15-20(30-4)11-12-22(19)31-5/h6-7,10-13,15,18,23H,8-9,14,16-17H2,1-5H3,(H,27,29)/t18-,23+/m1/s1. The van der Waals surface area contributed by atoms with E-state index >= 15 is 0 Å². The number of carbonyl (C=O) groups is 1. The third kappa shape index (κ3) is 5.97. The van der Waals surface area contributed by atoms with Gasteiger partial charge >= 0.3 is 0 Å². The van der Waals surface area contributed by atoms with Crippen LogP contribution >= 0.6 is 0 Å². The van der Waals surface area contributed by atoms with Crippen molar-refractivity contribution in [3.05, 3.63) is 53.9 Å². The Kier molecular flexibility index (Phi) is 7.55. The summed E-state index contributed by atoms with van der Waals surface area (Å²) in [5.74, 6) is 2.03. The number of ether oxygens (including phenoxy) is 2. The smallest absolute Gasteiger partial charge is 0.225 e. The number of methoxy groups -OCH3 is 2. The van der Waals surface area contributed by atoms with Crippen molar-refractivity contribution in [3.8, 4) is 11.5 Å². The van der Waals surface area contributed by atoms with E-state index in [1.807, 2.05) is 57.2 Å². The molecule has 1 N–H and O–H groups in total. The van der Waals surface area contributed by atoms with Crippen LogP contribution in [0.4, 0.5) is 0 Å². The number of hydrogen-bond acceptors (Lipinski definition) is 5. The van der Waals surface area contributed by atoms with E-state index in [0.717, 1.165) is 55.2 Å². The van der Waals surface area contributed by atoms with E-state index in [1.54, 1.807) is 20.4 Å². The molecule has 0 radical (unpaired) electrons. The number of nitrogens with zero attached hydrogens (tertiary/aromatic N) is 2. The van der Waals surface area contributed by atoms with Gasteiger partial charge in [-0.2, -0.15) is 0 Å². The fourth-order valence-corrected chi connectivity index (χ4v) is 4.10. The van der Waals surface area contributed by atoms with Crippen LogP contribution in [0.15, 0.2) is 42.6 Å². The van der Waals surface area contributed by atoms with Crippen molar-refractivity contribution in [1.29, 1.82) is 0 Å². The first-order chi connectivity index (χ1) is 14.8. The number of amides is 1. The second-order valence-corrected chi connectivity index (χ2v) is 9.27. The second-order valence-electron chi connectivity index (χ2n) is 9.27. The average molecular weight is 426 g/mol. The van der Waals surface area contributed by atoms with Gasteiger partial charge in [0.1, 0.15) is 11.5 Å². The van der Waals surface area contributed by atoms with Crippen LogP contribution in [0.1, 0.15) is 50.9 Å². The Hall–Kier alpha value is -2.60. The summed E-state index contributed by atoms with van der Waals surface area (Å²) in [6.07, 6.45) is 3.93. The van der Waals surface area contributed by atoms with Crippen molar-refractivity contribution in [2.24, 2.45) is 11.3 Å². The summed E-state index contributed by atoms with van der Waals surface area (Å²) in [6, 6.07) is 11.7. The molecule has 0 saturated carbocycles. The van der Waals surface area contributed by atoms with Crippen LogP contribution in [0.25, 0.3) is 0 Å². The molecule has 0 aliphatic carbocycles. The van der Waals surface area contributed by atoms with Gasteiger partial charge in [0.05, 0.1) is 26.0 Å². The first-order valence-electron chi connectivity index (χ1n) is 11.0. The molecule has 1 aromatic carbocycles. The molecule has 1 aromatic heterocycles. The first-order valence-corrected chi connectivity index (χ1v) is 11.0. The Bertz CT molecular complexity index is 864. The van der Waals surface area contributed by atoms with Crippen LogP contribution < -0.4 is 14.8 Å². The van der Waals surface area contributed by atoms with E-state index < -0.39 is 5.41 Å². The molecule has 2 heterocycles. The van der Waals surface area contributed by atoms with Crippen molar-refractivity contribution < 1.29 is 14.3 Å². The number of aromatic nitrogens is 1. The molecule has 1 saturated heterocycles. The lowest BCUT2D eigenvalue weighted by Crippen LogP contribution is -2.45. The van der Waals surface area contributed by atoms with Crippen LogP contribution in [-0.4, -0.2) is 43.1 Å². The van der Waals surface area contributed by atoms with E-state index in [0.29, 0.717) is 0 Å². The van der Waals surface area contributed by atoms with Gasteiger partial charge in [0.25, 0.3) is 0 Å². The molecule has 0 unspecified atom stereocenters. The molecule has 1 aliphatic heterocycles. The maximum absolute atomic E-state index is 12.8. The van der Waals surface area contributed by atoms with Gasteiger partial charge < -0.3 is 14.8 Å². The highest BCUT2D eigenvalue weighted by Gasteiger charge is 2.33. The molecule has 0 spiro atoms. The minimum Gasteiger partial charge on any atom is -0.497 e. The van der Waals surface area contributed by atoms with Crippen molar-refractivity contribution >= 4 is 5.91 Å². The SMILES string of the molecule is COc1ccc(OC)c(CN2CCC[C@@H]([C@H](NC(=O)C(C)(C)C)c3ccccn3)C2)c1. The molecule has 31 heavy (non-hydrogen) atoms. The maximum Gasteiger partial charge on any atom is 0.225 e. The summed E-state index contributed by atoms with van der Waals surface area (Å²) in [5.41, 5.74) is 1.58. The van der Waals surface area contributed by atoms with Crippen molar-refractivity contribution in [2.75, 3.05) is 27.3 Å². The van der Waals surface area contributed by atoms with Crippen LogP contribution in [0.3, 0.4) is 0 Å². The van der Waals surface area contributed by atoms with Gasteiger partial charge in [-0.25, -0.2) is 0 Å². The first kappa shape index (κ1) is 23.1. The highest BCUT2D eigenvalue weighted by atomic mass is 16.5. The molecule has 3 rings (SSSR count). The van der Waals surface area contributed by atoms with Crippen LogP contribution in [0, 0.1) is 11.3 Å². The molecular formula is C25H35N3O3. The zero-order chi connectivity index (χ0) is 22.4. The van der Waals surface area contributed by atoms with Gasteiger partial charge in [-0.3, -0.25) is 14.7 Å². The fourth-order valence-electron chi connectivity index (χ4n) is 4.10. The number of benzene rings is 1. The third-order valence-electron chi connectivity index (χ3n) is 5.87. The van der Waals surface area contributed by atoms with Crippen LogP contribution in [0.2, 0.25) is 0 Å². The summed E-state index contributed by atoms with van der Waals surface area (Å²) >= 11 is 0. The third-order valence-corrected chi connectivity index (χ3v) is 5.87. The Morgan fingerprint density at radius 1 is 1.23 bits per heavy atom. The highest BCUT2D eigenvalue weighted by Crippen LogP contribution is 2.32. The fraction of sp³-hybridized carbons (Fsp3) is 0.520. The summed E-state index contributed by atoms with van der Waals surface area (Å²) in [6.45, 7) is 8.50. The zero-order valence-corrected chi connectivity index (χ0v) is 19.4. The molecule has 1 fully saturated rings. The molecule has 0 bridgehead atoms. The van der Waals surface area contributed by atoms with Gasteiger partial charge in [0.15, 0.2) is 0 Å². The summed E-state index contributed by atoms with van der Waals surface area (Å²) in [5, 5.41) is 3.30. The summed E-state index contributed by atoms with van der Waals surface area (Å²) in [7, 11) is 3.38. The Morgan fingerprint density at radius 3 is 2.68 bits per heavy atom. The molecular weight excluding hydrogens is 390 g/mol. The minimum atomic E-state index is -0.449. The topological polar surface area (TPSA) is 63.7 Å². The van der Waals surface area contributed by atoms with Crippen molar-refractivity contribution in [3.63, 3.8) is 0 Å². The number of nitrogens with one attached hydrogen (secondary N) is 1. The molecule has 1 aliphatic rings. The minimum absolute atomic E-state index is 0.0507. The largest absolute Gasteiger partial charge is 0.497 e. The summed E-state index contributed by atoms with van der Waals surface area (Å²) < 4.78 is 11.0. The Balaban J connectivity index is 1.80. The monoisotopic (exact) mass is 425 g/mol. The van der Waals surface area contributed by atoms with E-state index in [1.165, 1.54) is 0 Å². The Morgan fingerprint density at radius 2 is 2.03 bits per heavy atom. The number of carbonyl (C=O) groups excluding carboxylic acids is 1. The maximum atomic E-state index is 12.8. The van der Waals surface area contributed by atoms with Gasteiger partial charge in [-0.15, -0.1) is 0 Å². The van der Waals surface area contributed by atoms with Gasteiger partial charge in [0, 0.05) is 30.3 Å². The van der Waals surface area contributed by atoms with Crippen molar-refractivity contribution in [2.45, 2.75) is 46.2 Å². The predicted octanol–water partition coefficient (Wildman–Crippen LogP) is 4.21. The lowest BCUT2D eigenvalue weighted by atomic mass is 9.86. The zero-order valence-electron chi connectivity index (χ0n) is 19.4. The average Bonchev–Trinajstić information content (AvgIpc) is 2.77. The Labute approximate surface area is 186 Å². The second kappa shape index (κ2) is 10.1. The van der Waals surface area contributed by atoms with Crippen LogP contribution in [-0.2, 0) is 11.3 Å². The van der Waals surface area contributed by atoms with Crippen molar-refractivity contribution in [1.82, 2.24) is 15.2 Å². The molecule has 2 atom stereocenters. The van der Waals surface area contributed by atoms with Gasteiger partial charge in [-0.05, 0) is 55.6 Å². The van der Waals surface area contributed by atoms with E-state index in [4.69, 9.17) is 9.47 Å². The van der Waals surface area contributed by atoms with Gasteiger partial charge in [0.2, 0.25) is 5.91 Å². The lowest BCUT2D eigenvalue weighted by Gasteiger charge is -2.38. The molecule has 6 nitrogen and oxygen atoms in total. The molecule has 1 amide bonds. The number of likely N-dealkylation sites (tertiary alicyclic amines) is 1. The van der Waals surface area contributed by atoms with Crippen LogP contribution in [0.5, 0.6) is 11.5 Å². The summed E-state index contributed by atoms with van der Waals surface area (Å²) in [4.78, 5) is 19.8. The molecule has 6 heteroatoms.